The van der Waals surface area contributed by atoms with E-state index in [0.29, 0.717) is 13.2 Å². The van der Waals surface area contributed by atoms with Crippen molar-refractivity contribution in [3.05, 3.63) is 0 Å². The summed E-state index contributed by atoms with van der Waals surface area (Å²) in [5.74, 6) is 0.555. The van der Waals surface area contributed by atoms with Crippen molar-refractivity contribution in [2.75, 3.05) is 39.1 Å². The molecule has 0 aliphatic carbocycles. The van der Waals surface area contributed by atoms with Crippen molar-refractivity contribution in [3.8, 4) is 0 Å². The fourth-order valence-electron chi connectivity index (χ4n) is 2.76. The third kappa shape index (κ3) is 3.66. The number of hydrogen-bond donors (Lipinski definition) is 1. The molecule has 0 aromatic carbocycles. The van der Waals surface area contributed by atoms with Gasteiger partial charge in [-0.15, -0.1) is 0 Å². The van der Waals surface area contributed by atoms with Crippen LogP contribution in [0, 0.1) is 5.92 Å². The molecule has 0 aromatic heterocycles. The van der Waals surface area contributed by atoms with Gasteiger partial charge in [0.1, 0.15) is 0 Å². The smallest absolute Gasteiger partial charge is 0.214 e. The molecule has 0 saturated carbocycles. The highest BCUT2D eigenvalue weighted by atomic mass is 32.2. The Kier molecular flexibility index (Phi) is 5.00. The molecule has 2 aliphatic heterocycles. The number of ether oxygens (including phenoxy) is 1. The normalized spacial score (nSPS) is 27.6. The van der Waals surface area contributed by atoms with Crippen molar-refractivity contribution in [2.24, 2.45) is 5.92 Å². The van der Waals surface area contributed by atoms with E-state index in [0.717, 1.165) is 38.8 Å². The molecule has 0 bridgehead atoms. The SMILES string of the molecule is CN(C1CCOCC1)S(=O)(=O)CC1CCCNC1. The van der Waals surface area contributed by atoms with Crippen molar-refractivity contribution in [1.82, 2.24) is 9.62 Å². The summed E-state index contributed by atoms with van der Waals surface area (Å²) in [7, 11) is -1.40. The lowest BCUT2D eigenvalue weighted by Gasteiger charge is -2.32. The molecule has 0 spiro atoms. The largest absolute Gasteiger partial charge is 0.381 e. The molecule has 18 heavy (non-hydrogen) atoms. The van der Waals surface area contributed by atoms with Gasteiger partial charge in [-0.1, -0.05) is 0 Å². The summed E-state index contributed by atoms with van der Waals surface area (Å²) in [5, 5.41) is 3.27. The van der Waals surface area contributed by atoms with Crippen molar-refractivity contribution in [1.29, 1.82) is 0 Å². The summed E-state index contributed by atoms with van der Waals surface area (Å²) >= 11 is 0. The molecular formula is C12H24N2O3S. The zero-order chi connectivity index (χ0) is 13.0. The molecule has 2 rings (SSSR count). The van der Waals surface area contributed by atoms with Gasteiger partial charge in [-0.05, 0) is 44.7 Å². The van der Waals surface area contributed by atoms with E-state index in [9.17, 15) is 8.42 Å². The van der Waals surface area contributed by atoms with Crippen LogP contribution in [0.25, 0.3) is 0 Å². The topological polar surface area (TPSA) is 58.6 Å². The molecule has 2 heterocycles. The Morgan fingerprint density at radius 3 is 2.61 bits per heavy atom. The zero-order valence-electron chi connectivity index (χ0n) is 11.1. The second-order valence-corrected chi connectivity index (χ2v) is 7.42. The fourth-order valence-corrected chi connectivity index (χ4v) is 4.54. The fraction of sp³-hybridized carbons (Fsp3) is 1.00. The lowest BCUT2D eigenvalue weighted by atomic mass is 10.0. The summed E-state index contributed by atoms with van der Waals surface area (Å²) < 4.78 is 31.6. The Hall–Kier alpha value is -0.170. The number of piperidine rings is 1. The van der Waals surface area contributed by atoms with Crippen molar-refractivity contribution < 1.29 is 13.2 Å². The van der Waals surface area contributed by atoms with Crippen LogP contribution < -0.4 is 5.32 Å². The standard InChI is InChI=1S/C12H24N2O3S/c1-14(12-4-7-17-8-5-12)18(15,16)10-11-3-2-6-13-9-11/h11-13H,2-10H2,1H3. The molecule has 0 radical (unpaired) electrons. The lowest BCUT2D eigenvalue weighted by Crippen LogP contribution is -2.44. The van der Waals surface area contributed by atoms with Gasteiger partial charge in [0.15, 0.2) is 0 Å². The number of nitrogens with zero attached hydrogens (tertiary/aromatic N) is 1. The van der Waals surface area contributed by atoms with Crippen LogP contribution >= 0.6 is 0 Å². The number of hydrogen-bond acceptors (Lipinski definition) is 4. The minimum absolute atomic E-state index is 0.125. The Bertz CT molecular complexity index is 346. The van der Waals surface area contributed by atoms with Crippen LogP contribution in [-0.2, 0) is 14.8 Å². The summed E-state index contributed by atoms with van der Waals surface area (Å²) in [4.78, 5) is 0. The molecule has 2 aliphatic rings. The average Bonchev–Trinajstić information content (AvgIpc) is 2.39. The van der Waals surface area contributed by atoms with E-state index in [-0.39, 0.29) is 17.7 Å². The highest BCUT2D eigenvalue weighted by Gasteiger charge is 2.30. The van der Waals surface area contributed by atoms with Gasteiger partial charge in [-0.25, -0.2) is 12.7 Å². The van der Waals surface area contributed by atoms with E-state index in [2.05, 4.69) is 5.32 Å². The maximum Gasteiger partial charge on any atom is 0.214 e. The van der Waals surface area contributed by atoms with Crippen LogP contribution in [0.3, 0.4) is 0 Å². The van der Waals surface area contributed by atoms with E-state index in [1.165, 1.54) is 0 Å². The predicted octanol–water partition coefficient (Wildman–Crippen LogP) is 0.427. The average molecular weight is 276 g/mol. The van der Waals surface area contributed by atoms with Crippen molar-refractivity contribution in [2.45, 2.75) is 31.7 Å². The molecule has 2 fully saturated rings. The Morgan fingerprint density at radius 1 is 1.28 bits per heavy atom. The van der Waals surface area contributed by atoms with E-state index in [1.54, 1.807) is 11.4 Å². The molecular weight excluding hydrogens is 252 g/mol. The molecule has 2 saturated heterocycles. The van der Waals surface area contributed by atoms with Crippen LogP contribution in [0.2, 0.25) is 0 Å². The molecule has 1 unspecified atom stereocenters. The Balaban J connectivity index is 1.91. The summed E-state index contributed by atoms with van der Waals surface area (Å²) in [5.41, 5.74) is 0. The van der Waals surface area contributed by atoms with Crippen LogP contribution in [0.4, 0.5) is 0 Å². The van der Waals surface area contributed by atoms with E-state index >= 15 is 0 Å². The third-order valence-electron chi connectivity index (χ3n) is 3.99. The first-order chi connectivity index (χ1) is 8.59. The highest BCUT2D eigenvalue weighted by molar-refractivity contribution is 7.89. The van der Waals surface area contributed by atoms with E-state index in [1.807, 2.05) is 0 Å². The summed E-state index contributed by atoms with van der Waals surface area (Å²) in [6.07, 6.45) is 3.74. The Labute approximate surface area is 110 Å². The second-order valence-electron chi connectivity index (χ2n) is 5.35. The van der Waals surface area contributed by atoms with Gasteiger partial charge in [0.25, 0.3) is 0 Å². The number of rotatable bonds is 4. The number of nitrogens with one attached hydrogen (secondary N) is 1. The van der Waals surface area contributed by atoms with Crippen LogP contribution in [-0.4, -0.2) is 57.9 Å². The Morgan fingerprint density at radius 2 is 2.00 bits per heavy atom. The zero-order valence-corrected chi connectivity index (χ0v) is 11.9. The van der Waals surface area contributed by atoms with Crippen molar-refractivity contribution in [3.63, 3.8) is 0 Å². The first-order valence-electron chi connectivity index (χ1n) is 6.84. The quantitative estimate of drug-likeness (QED) is 0.809. The molecule has 0 aromatic rings. The summed E-state index contributed by atoms with van der Waals surface area (Å²) in [6, 6.07) is 0.125. The minimum Gasteiger partial charge on any atom is -0.381 e. The first-order valence-corrected chi connectivity index (χ1v) is 8.44. The lowest BCUT2D eigenvalue weighted by molar-refractivity contribution is 0.0631. The van der Waals surface area contributed by atoms with Gasteiger partial charge in [-0.3, -0.25) is 0 Å². The van der Waals surface area contributed by atoms with E-state index < -0.39 is 10.0 Å². The molecule has 106 valence electrons. The predicted molar refractivity (Wildman–Crippen MR) is 71.0 cm³/mol. The van der Waals surface area contributed by atoms with Crippen LogP contribution in [0.5, 0.6) is 0 Å². The molecule has 6 heteroatoms. The minimum atomic E-state index is -3.12. The van der Waals surface area contributed by atoms with Crippen molar-refractivity contribution >= 4 is 10.0 Å². The van der Waals surface area contributed by atoms with Gasteiger partial charge in [-0.2, -0.15) is 0 Å². The number of sulfonamides is 1. The van der Waals surface area contributed by atoms with Gasteiger partial charge in [0.05, 0.1) is 5.75 Å². The molecule has 1 N–H and O–H groups in total. The van der Waals surface area contributed by atoms with Crippen LogP contribution in [0.1, 0.15) is 25.7 Å². The highest BCUT2D eigenvalue weighted by Crippen LogP contribution is 2.20. The maximum atomic E-state index is 12.4. The van der Waals surface area contributed by atoms with Gasteiger partial charge >= 0.3 is 0 Å². The maximum absolute atomic E-state index is 12.4. The molecule has 0 amide bonds. The molecule has 5 nitrogen and oxygen atoms in total. The van der Waals surface area contributed by atoms with Gasteiger partial charge in [0.2, 0.25) is 10.0 Å². The third-order valence-corrected chi connectivity index (χ3v) is 6.06. The van der Waals surface area contributed by atoms with Gasteiger partial charge < -0.3 is 10.1 Å². The summed E-state index contributed by atoms with van der Waals surface area (Å²) in [6.45, 7) is 3.21. The van der Waals surface area contributed by atoms with Crippen LogP contribution in [0.15, 0.2) is 0 Å². The monoisotopic (exact) mass is 276 g/mol. The second kappa shape index (κ2) is 6.32. The van der Waals surface area contributed by atoms with Gasteiger partial charge in [0, 0.05) is 26.3 Å². The van der Waals surface area contributed by atoms with E-state index in [4.69, 9.17) is 4.74 Å². The first kappa shape index (κ1) is 14.2. The molecule has 1 atom stereocenters.